The Hall–Kier alpha value is -3.86. The van der Waals surface area contributed by atoms with Gasteiger partial charge in [0, 0.05) is 22.1 Å². The van der Waals surface area contributed by atoms with E-state index in [4.69, 9.17) is 15.2 Å². The monoisotopic (exact) mass is 426 g/mol. The average Bonchev–Trinajstić information content (AvgIpc) is 2.82. The van der Waals surface area contributed by atoms with Gasteiger partial charge in [-0.2, -0.15) is 15.8 Å². The molecule has 152 valence electrons. The van der Waals surface area contributed by atoms with E-state index in [1.165, 1.54) is 7.11 Å². The molecule has 1 atom stereocenters. The summed E-state index contributed by atoms with van der Waals surface area (Å²) in [4.78, 5) is 1.04. The maximum absolute atomic E-state index is 10.2. The fraction of sp³-hybridized carbons (Fsp3) is 0.208. The number of thioether (sulfide) groups is 1. The lowest BCUT2D eigenvalue weighted by Crippen LogP contribution is -2.39. The van der Waals surface area contributed by atoms with Gasteiger partial charge in [0.05, 0.1) is 37.6 Å². The predicted molar refractivity (Wildman–Crippen MR) is 117 cm³/mol. The molecule has 0 fully saturated rings. The van der Waals surface area contributed by atoms with Gasteiger partial charge in [-0.1, -0.05) is 24.3 Å². The molecule has 2 aromatic rings. The van der Waals surface area contributed by atoms with Crippen LogP contribution in [-0.4, -0.2) is 20.0 Å². The molecule has 0 radical (unpaired) electrons. The molecule has 0 saturated heterocycles. The first kappa shape index (κ1) is 20.4. The maximum Gasteiger partial charge on any atom is 0.194 e. The van der Waals surface area contributed by atoms with Crippen molar-refractivity contribution >= 4 is 17.3 Å². The van der Waals surface area contributed by atoms with E-state index in [2.05, 4.69) is 18.2 Å². The van der Waals surface area contributed by atoms with Crippen LogP contribution < -0.4 is 15.2 Å². The minimum atomic E-state index is -1.71. The third-order valence-electron chi connectivity index (χ3n) is 5.79. The highest BCUT2D eigenvalue weighted by Gasteiger charge is 2.52. The first-order valence-electron chi connectivity index (χ1n) is 9.46. The molecule has 1 unspecified atom stereocenters. The summed E-state index contributed by atoms with van der Waals surface area (Å²) >= 11 is 1.62. The third-order valence-corrected chi connectivity index (χ3v) is 6.91. The molecule has 1 aliphatic carbocycles. The number of ether oxygens (including phenoxy) is 2. The second-order valence-corrected chi connectivity index (χ2v) is 8.18. The fourth-order valence-electron chi connectivity index (χ4n) is 4.35. The lowest BCUT2D eigenvalue weighted by Gasteiger charge is -2.40. The summed E-state index contributed by atoms with van der Waals surface area (Å²) < 4.78 is 10.8. The normalized spacial score (nSPS) is 18.7. The Morgan fingerprint density at radius 3 is 2.39 bits per heavy atom. The number of nitrogens with two attached hydrogens (primary N) is 1. The highest BCUT2D eigenvalue weighted by Crippen LogP contribution is 2.57. The van der Waals surface area contributed by atoms with Crippen LogP contribution in [0.3, 0.4) is 0 Å². The molecule has 4 rings (SSSR count). The summed E-state index contributed by atoms with van der Waals surface area (Å²) in [7, 11) is 3.08. The van der Waals surface area contributed by atoms with Gasteiger partial charge in [-0.25, -0.2) is 0 Å². The number of fused-ring (bicyclic) bond motifs is 2. The van der Waals surface area contributed by atoms with E-state index in [-0.39, 0.29) is 11.3 Å². The van der Waals surface area contributed by atoms with E-state index < -0.39 is 11.3 Å². The number of rotatable bonds is 3. The number of methoxy groups -OCH3 is 2. The Kier molecular flexibility index (Phi) is 5.11. The zero-order valence-electron chi connectivity index (χ0n) is 17.0. The van der Waals surface area contributed by atoms with E-state index in [9.17, 15) is 15.8 Å². The van der Waals surface area contributed by atoms with Gasteiger partial charge in [0.1, 0.15) is 6.07 Å². The Labute approximate surface area is 184 Å². The van der Waals surface area contributed by atoms with Crippen LogP contribution in [-0.2, 0) is 0 Å². The van der Waals surface area contributed by atoms with Crippen LogP contribution in [0.15, 0.2) is 64.2 Å². The number of benzene rings is 2. The SMILES string of the molecule is COc1ccc(C2C3=C(C(C#N)=C(N)C2(C#N)C#N)c2ccccc2SC3)cc1OC. The average molecular weight is 427 g/mol. The minimum absolute atomic E-state index is 0.0137. The highest BCUT2D eigenvalue weighted by molar-refractivity contribution is 7.99. The van der Waals surface area contributed by atoms with E-state index in [0.29, 0.717) is 22.8 Å². The summed E-state index contributed by atoms with van der Waals surface area (Å²) in [6.07, 6.45) is 0. The lowest BCUT2D eigenvalue weighted by atomic mass is 9.62. The van der Waals surface area contributed by atoms with Gasteiger partial charge in [0.25, 0.3) is 0 Å². The molecule has 2 aromatic carbocycles. The number of hydrogen-bond acceptors (Lipinski definition) is 7. The first-order chi connectivity index (χ1) is 15.1. The van der Waals surface area contributed by atoms with Crippen molar-refractivity contribution in [3.63, 3.8) is 0 Å². The van der Waals surface area contributed by atoms with Crippen molar-refractivity contribution in [2.45, 2.75) is 10.8 Å². The van der Waals surface area contributed by atoms with Crippen molar-refractivity contribution in [2.24, 2.45) is 11.1 Å². The smallest absolute Gasteiger partial charge is 0.194 e. The van der Waals surface area contributed by atoms with Gasteiger partial charge >= 0.3 is 0 Å². The molecular weight excluding hydrogens is 408 g/mol. The van der Waals surface area contributed by atoms with Crippen LogP contribution >= 0.6 is 11.8 Å². The topological polar surface area (TPSA) is 116 Å². The molecule has 0 aromatic heterocycles. The Morgan fingerprint density at radius 2 is 1.74 bits per heavy atom. The molecule has 0 saturated carbocycles. The van der Waals surface area contributed by atoms with E-state index in [1.807, 2.05) is 30.3 Å². The van der Waals surface area contributed by atoms with Gasteiger partial charge < -0.3 is 15.2 Å². The zero-order valence-corrected chi connectivity index (χ0v) is 17.8. The van der Waals surface area contributed by atoms with Gasteiger partial charge in [0.15, 0.2) is 16.9 Å². The molecular formula is C24H18N4O2S. The van der Waals surface area contributed by atoms with Gasteiger partial charge in [-0.15, -0.1) is 11.8 Å². The van der Waals surface area contributed by atoms with E-state index >= 15 is 0 Å². The number of nitriles is 3. The number of hydrogen-bond donors (Lipinski definition) is 1. The molecule has 31 heavy (non-hydrogen) atoms. The Balaban J connectivity index is 2.07. The molecule has 2 N–H and O–H groups in total. The molecule has 7 heteroatoms. The van der Waals surface area contributed by atoms with Crippen molar-refractivity contribution < 1.29 is 9.47 Å². The Morgan fingerprint density at radius 1 is 1.03 bits per heavy atom. The summed E-state index contributed by atoms with van der Waals surface area (Å²) in [5, 5.41) is 30.3. The lowest BCUT2D eigenvalue weighted by molar-refractivity contribution is 0.353. The summed E-state index contributed by atoms with van der Waals surface area (Å²) in [5.41, 5.74) is 8.04. The zero-order chi connectivity index (χ0) is 22.2. The second kappa shape index (κ2) is 7.76. The molecule has 1 aliphatic heterocycles. The Bertz CT molecular complexity index is 1260. The van der Waals surface area contributed by atoms with E-state index in [1.54, 1.807) is 31.0 Å². The molecule has 0 bridgehead atoms. The van der Waals surface area contributed by atoms with Crippen LogP contribution in [0.1, 0.15) is 17.0 Å². The van der Waals surface area contributed by atoms with Gasteiger partial charge in [0.2, 0.25) is 0 Å². The first-order valence-corrected chi connectivity index (χ1v) is 10.4. The number of allylic oxidation sites excluding steroid dienone is 3. The predicted octanol–water partition coefficient (Wildman–Crippen LogP) is 4.13. The van der Waals surface area contributed by atoms with Crippen molar-refractivity contribution in [1.82, 2.24) is 0 Å². The summed E-state index contributed by atoms with van der Waals surface area (Å²) in [6.45, 7) is 0. The van der Waals surface area contributed by atoms with Crippen LogP contribution in [0, 0.1) is 39.4 Å². The quantitative estimate of drug-likeness (QED) is 0.784. The van der Waals surface area contributed by atoms with Gasteiger partial charge in [-0.05, 0) is 34.9 Å². The molecule has 2 aliphatic rings. The van der Waals surface area contributed by atoms with Gasteiger partial charge in [-0.3, -0.25) is 0 Å². The largest absolute Gasteiger partial charge is 0.493 e. The summed E-state index contributed by atoms with van der Waals surface area (Å²) in [6, 6.07) is 19.6. The van der Waals surface area contributed by atoms with Crippen molar-refractivity contribution in [2.75, 3.05) is 20.0 Å². The van der Waals surface area contributed by atoms with Crippen LogP contribution in [0.2, 0.25) is 0 Å². The third kappa shape index (κ3) is 2.85. The van der Waals surface area contributed by atoms with Crippen molar-refractivity contribution in [3.8, 4) is 29.7 Å². The number of nitrogens with zero attached hydrogens (tertiary/aromatic N) is 3. The second-order valence-electron chi connectivity index (χ2n) is 7.16. The van der Waals surface area contributed by atoms with E-state index in [0.717, 1.165) is 21.6 Å². The molecule has 0 amide bonds. The van der Waals surface area contributed by atoms with Crippen molar-refractivity contribution in [3.05, 3.63) is 70.4 Å². The minimum Gasteiger partial charge on any atom is -0.493 e. The highest BCUT2D eigenvalue weighted by atomic mass is 32.2. The standard InChI is InChI=1S/C24H18N4O2S/c1-29-18-8-7-14(9-19(18)30-2)22-17-11-31-20-6-4-3-5-15(20)21(17)16(10-25)23(28)24(22,12-26)13-27/h3-9,22H,11,28H2,1-2H3. The van der Waals surface area contributed by atoms with Crippen LogP contribution in [0.5, 0.6) is 11.5 Å². The molecule has 0 spiro atoms. The summed E-state index contributed by atoms with van der Waals surface area (Å²) in [5.74, 6) is 0.912. The fourth-order valence-corrected chi connectivity index (χ4v) is 5.47. The molecule has 1 heterocycles. The van der Waals surface area contributed by atoms with Crippen LogP contribution in [0.25, 0.3) is 5.57 Å². The molecule has 6 nitrogen and oxygen atoms in total. The maximum atomic E-state index is 10.2. The van der Waals surface area contributed by atoms with Crippen LogP contribution in [0.4, 0.5) is 0 Å². The van der Waals surface area contributed by atoms with Crippen molar-refractivity contribution in [1.29, 1.82) is 15.8 Å².